The molecule has 0 saturated carbocycles. The van der Waals surface area contributed by atoms with E-state index in [2.05, 4.69) is 220 Å². The maximum Gasteiger partial charge on any atom is -0.0134 e. The van der Waals surface area contributed by atoms with Gasteiger partial charge < -0.3 is 0 Å². The fourth-order valence-corrected chi connectivity index (χ4v) is 8.97. The molecule has 6 rings (SSSR count). The van der Waals surface area contributed by atoms with Crippen molar-refractivity contribution in [3.05, 3.63) is 195 Å². The van der Waals surface area contributed by atoms with Crippen LogP contribution in [0.25, 0.3) is 0 Å². The van der Waals surface area contributed by atoms with Gasteiger partial charge in [-0.1, -0.05) is 182 Å². The molecule has 0 aliphatic heterocycles. The van der Waals surface area contributed by atoms with Gasteiger partial charge in [-0.3, -0.25) is 0 Å². The van der Waals surface area contributed by atoms with E-state index < -0.39 is 35.6 Å². The van der Waals surface area contributed by atoms with Crippen molar-refractivity contribution in [3.63, 3.8) is 0 Å². The average molecular weight is 970 g/mol. The van der Waals surface area contributed by atoms with Crippen molar-refractivity contribution in [2.24, 2.45) is 0 Å². The van der Waals surface area contributed by atoms with Crippen LogP contribution in [0.1, 0.15) is 0 Å². The van der Waals surface area contributed by atoms with Gasteiger partial charge in [0, 0.05) is 0 Å². The van der Waals surface area contributed by atoms with Crippen LogP contribution >= 0.6 is 25.5 Å². The van der Waals surface area contributed by atoms with Crippen LogP contribution in [0.4, 0.5) is 0 Å². The number of benzene rings is 6. The second-order valence-corrected chi connectivity index (χ2v) is 23.2. The van der Waals surface area contributed by atoms with E-state index in [4.69, 9.17) is 9.30 Å². The molecule has 244 valence electrons. The summed E-state index contributed by atoms with van der Waals surface area (Å²) in [7, 11) is 3.77. The molecule has 2 nitrogen and oxygen atoms in total. The van der Waals surface area contributed by atoms with E-state index in [-0.39, 0.29) is 0 Å². The maximum atomic E-state index is 7.50. The van der Waals surface area contributed by atoms with E-state index in [0.29, 0.717) is 0 Å². The summed E-state index contributed by atoms with van der Waals surface area (Å²) in [6, 6.07) is 64.7. The Balaban J connectivity index is 0.000000380. The zero-order valence-electron chi connectivity index (χ0n) is 27.3. The second kappa shape index (κ2) is 28.2. The summed E-state index contributed by atoms with van der Waals surface area (Å²) in [5.74, 6) is 0. The molecule has 0 aliphatic rings. The normalized spacial score (nSPS) is 9.33. The first-order valence-corrected chi connectivity index (χ1v) is 29.2. The second-order valence-electron chi connectivity index (χ2n) is 10.2. The van der Waals surface area contributed by atoms with Gasteiger partial charge in [0.2, 0.25) is 0 Å². The van der Waals surface area contributed by atoms with Crippen molar-refractivity contribution in [3.8, 4) is 0 Å². The Bertz CT molecular complexity index is 1330. The molecule has 0 bridgehead atoms. The van der Waals surface area contributed by atoms with Crippen LogP contribution in [0, 0.1) is 13.3 Å². The van der Waals surface area contributed by atoms with Gasteiger partial charge in [0.25, 0.3) is 0 Å². The summed E-state index contributed by atoms with van der Waals surface area (Å²) >= 11 is 0.790. The van der Waals surface area contributed by atoms with Crippen molar-refractivity contribution >= 4 is 77.1 Å². The number of hydrogen-bond acceptors (Lipinski definition) is 0. The molecule has 0 fully saturated rings. The Labute approximate surface area is 311 Å². The average Bonchev–Trinajstić information content (AvgIpc) is 3.17. The van der Waals surface area contributed by atoms with Crippen LogP contribution in [0.2, 0.25) is 14.8 Å². The SMILES string of the molecule is [C-]#[O+].[C-]#[O+].[CH3][Sn]([CH3])[CH3].[Cl][Os].c1ccc(P(c2ccccc2)c2ccccc2)cc1.c1ccc(P(c2ccccc2)c2ccccc2)cc1. The molecular formula is C41H39ClO2OsP2Sn. The Hall–Kier alpha value is -2.61. The minimum atomic E-state index is -0.543. The first-order valence-electron chi connectivity index (χ1n) is 14.8. The zero-order chi connectivity index (χ0) is 35.4. The molecule has 48 heavy (non-hydrogen) atoms. The van der Waals surface area contributed by atoms with Gasteiger partial charge in [-0.25, -0.2) is 0 Å². The van der Waals surface area contributed by atoms with Gasteiger partial charge >= 0.3 is 84.4 Å². The summed E-state index contributed by atoms with van der Waals surface area (Å²) in [4.78, 5) is 7.09. The molecule has 0 amide bonds. The molecule has 0 atom stereocenters. The fraction of sp³-hybridized carbons (Fsp3) is 0.0732. The third-order valence-corrected chi connectivity index (χ3v) is 11.0. The van der Waals surface area contributed by atoms with E-state index in [0.717, 1.165) is 0 Å². The van der Waals surface area contributed by atoms with Crippen molar-refractivity contribution in [2.75, 3.05) is 0 Å². The number of halogens is 1. The maximum absolute atomic E-state index is 7.50. The third-order valence-electron chi connectivity index (χ3n) is 6.09. The predicted octanol–water partition coefficient (Wildman–Crippen LogP) is 8.87. The smallest absolute Gasteiger partial charge is 0.0134 e. The summed E-state index contributed by atoms with van der Waals surface area (Å²) < 4.78 is 15.0. The molecule has 0 saturated heterocycles. The Kier molecular flexibility index (Phi) is 25.5. The first kappa shape index (κ1) is 43.4. The summed E-state index contributed by atoms with van der Waals surface area (Å²) in [5, 5.41) is 8.39. The standard InChI is InChI=1S/2C18H15P.2CO.3CH3.ClH.Os.Sn/c2*1-4-10-16(11-5-1)19(17-12-6-2-7-13-17)18-14-8-3-9-15-18;2*1-2;;;;;;/h2*1-15H;;;3*1H3;1H;;/q;;;;;;;;+1;/p-1. The van der Waals surface area contributed by atoms with E-state index in [1.54, 1.807) is 0 Å². The monoisotopic (exact) mass is 972 g/mol. The van der Waals surface area contributed by atoms with Crippen molar-refractivity contribution < 1.29 is 26.9 Å². The largest absolute Gasteiger partial charge is 0.0622 e. The van der Waals surface area contributed by atoms with Gasteiger partial charge in [0.05, 0.1) is 0 Å². The van der Waals surface area contributed by atoms with Gasteiger partial charge in [0.15, 0.2) is 0 Å². The van der Waals surface area contributed by atoms with Gasteiger partial charge in [-0.05, 0) is 47.7 Å². The van der Waals surface area contributed by atoms with E-state index in [1.165, 1.54) is 49.4 Å². The van der Waals surface area contributed by atoms with Crippen LogP contribution in [0.3, 0.4) is 0 Å². The Morgan fingerprint density at radius 1 is 0.354 bits per heavy atom. The first-order chi connectivity index (χ1) is 23.6. The van der Waals surface area contributed by atoms with Crippen molar-refractivity contribution in [2.45, 2.75) is 14.8 Å². The van der Waals surface area contributed by atoms with Crippen LogP contribution in [0.5, 0.6) is 0 Å². The molecule has 0 heterocycles. The molecule has 0 unspecified atom stereocenters. The quantitative estimate of drug-likeness (QED) is 0.0694. The van der Waals surface area contributed by atoms with Crippen LogP contribution in [-0.4, -0.2) is 19.8 Å². The third kappa shape index (κ3) is 16.2. The van der Waals surface area contributed by atoms with Crippen molar-refractivity contribution in [1.29, 1.82) is 0 Å². The molecule has 0 spiro atoms. The van der Waals surface area contributed by atoms with Gasteiger partial charge in [-0.15, -0.1) is 0 Å². The van der Waals surface area contributed by atoms with E-state index in [9.17, 15) is 0 Å². The predicted molar refractivity (Wildman–Crippen MR) is 207 cm³/mol. The summed E-state index contributed by atoms with van der Waals surface area (Å²) in [6.45, 7) is 9.00. The van der Waals surface area contributed by atoms with Crippen LogP contribution < -0.4 is 31.8 Å². The van der Waals surface area contributed by atoms with Crippen LogP contribution in [-0.2, 0) is 26.9 Å². The Morgan fingerprint density at radius 2 is 0.458 bits per heavy atom. The number of hydrogen-bond donors (Lipinski definition) is 0. The molecule has 0 N–H and O–H groups in total. The van der Waals surface area contributed by atoms with Crippen molar-refractivity contribution in [1.82, 2.24) is 0 Å². The summed E-state index contributed by atoms with van der Waals surface area (Å²) in [5.41, 5.74) is 0. The molecule has 0 aromatic heterocycles. The molecule has 6 aromatic rings. The molecular weight excluding hydrogens is 931 g/mol. The van der Waals surface area contributed by atoms with E-state index >= 15 is 0 Å². The fourth-order valence-electron chi connectivity index (χ4n) is 4.36. The van der Waals surface area contributed by atoms with E-state index in [1.807, 2.05) is 0 Å². The molecule has 1 radical (unpaired) electrons. The minimum Gasteiger partial charge on any atom is -0.0622 e. The van der Waals surface area contributed by atoms with Gasteiger partial charge in [-0.2, -0.15) is 0 Å². The minimum absolute atomic E-state index is 0.446. The molecule has 7 heteroatoms. The van der Waals surface area contributed by atoms with Crippen LogP contribution in [0.15, 0.2) is 182 Å². The van der Waals surface area contributed by atoms with Gasteiger partial charge in [0.1, 0.15) is 0 Å². The molecule has 0 aliphatic carbocycles. The Morgan fingerprint density at radius 3 is 0.562 bits per heavy atom. The topological polar surface area (TPSA) is 39.8 Å². The summed E-state index contributed by atoms with van der Waals surface area (Å²) in [6.07, 6.45) is 0. The zero-order valence-corrected chi connectivity index (χ0v) is 35.2. The number of rotatable bonds is 6. The molecule has 6 aromatic carbocycles.